The van der Waals surface area contributed by atoms with E-state index in [0.29, 0.717) is 0 Å². The Morgan fingerprint density at radius 3 is 2.71 bits per heavy atom. The van der Waals surface area contributed by atoms with Crippen LogP contribution in [0.1, 0.15) is 0 Å². The van der Waals surface area contributed by atoms with Crippen molar-refractivity contribution in [1.82, 2.24) is 9.80 Å². The monoisotopic (exact) mass is 190 g/mol. The van der Waals surface area contributed by atoms with Crippen LogP contribution < -0.4 is 0 Å². The van der Waals surface area contributed by atoms with Crippen molar-refractivity contribution in [3.63, 3.8) is 0 Å². The molecule has 2 nitrogen and oxygen atoms in total. The molecule has 0 aromatic carbocycles. The van der Waals surface area contributed by atoms with Gasteiger partial charge in [-0.15, -0.1) is 0 Å². The molecule has 2 heteroatoms. The molecule has 0 aromatic heterocycles. The Morgan fingerprint density at radius 2 is 2.14 bits per heavy atom. The largest absolute Gasteiger partial charge is 0.376 e. The topological polar surface area (TPSA) is 6.48 Å². The SMILES string of the molecule is CN1C=CC(=CC=CC2CN(C)C2)C1. The summed E-state index contributed by atoms with van der Waals surface area (Å²) >= 11 is 0. The molecule has 1 saturated heterocycles. The van der Waals surface area contributed by atoms with Gasteiger partial charge >= 0.3 is 0 Å². The summed E-state index contributed by atoms with van der Waals surface area (Å²) in [5.74, 6) is 0.778. The molecule has 1 fully saturated rings. The van der Waals surface area contributed by atoms with Gasteiger partial charge in [-0.3, -0.25) is 0 Å². The van der Waals surface area contributed by atoms with Gasteiger partial charge in [0.2, 0.25) is 0 Å². The first-order valence-corrected chi connectivity index (χ1v) is 5.18. The van der Waals surface area contributed by atoms with E-state index in [9.17, 15) is 0 Å². The molecule has 0 aromatic rings. The van der Waals surface area contributed by atoms with Gasteiger partial charge in [-0.05, 0) is 24.9 Å². The van der Waals surface area contributed by atoms with Gasteiger partial charge in [-0.2, -0.15) is 0 Å². The Bertz CT molecular complexity index is 283. The van der Waals surface area contributed by atoms with E-state index in [-0.39, 0.29) is 0 Å². The third-order valence-electron chi connectivity index (χ3n) is 2.76. The fourth-order valence-electron chi connectivity index (χ4n) is 1.93. The van der Waals surface area contributed by atoms with Gasteiger partial charge in [0, 0.05) is 32.6 Å². The Hall–Kier alpha value is -1.02. The minimum absolute atomic E-state index is 0.778. The average molecular weight is 190 g/mol. The van der Waals surface area contributed by atoms with Gasteiger partial charge in [0.05, 0.1) is 0 Å². The van der Waals surface area contributed by atoms with Crippen LogP contribution in [0.4, 0.5) is 0 Å². The fourth-order valence-corrected chi connectivity index (χ4v) is 1.93. The van der Waals surface area contributed by atoms with E-state index in [0.717, 1.165) is 12.5 Å². The Morgan fingerprint density at radius 1 is 1.36 bits per heavy atom. The molecule has 0 bridgehead atoms. The van der Waals surface area contributed by atoms with Crippen LogP contribution in [0.3, 0.4) is 0 Å². The Balaban J connectivity index is 1.79. The van der Waals surface area contributed by atoms with Crippen LogP contribution in [0.2, 0.25) is 0 Å². The number of allylic oxidation sites excluding steroid dienone is 2. The molecule has 76 valence electrons. The summed E-state index contributed by atoms with van der Waals surface area (Å²) in [6.45, 7) is 3.49. The van der Waals surface area contributed by atoms with Crippen molar-refractivity contribution in [3.8, 4) is 0 Å². The van der Waals surface area contributed by atoms with E-state index < -0.39 is 0 Å². The van der Waals surface area contributed by atoms with Crippen molar-refractivity contribution in [3.05, 3.63) is 36.1 Å². The summed E-state index contributed by atoms with van der Waals surface area (Å²) in [5, 5.41) is 0. The zero-order chi connectivity index (χ0) is 9.97. The highest BCUT2D eigenvalue weighted by Gasteiger charge is 2.19. The van der Waals surface area contributed by atoms with Gasteiger partial charge in [0.1, 0.15) is 0 Å². The minimum atomic E-state index is 0.778. The molecule has 0 unspecified atom stereocenters. The smallest absolute Gasteiger partial charge is 0.0421 e. The van der Waals surface area contributed by atoms with Crippen LogP contribution in [0.5, 0.6) is 0 Å². The Labute approximate surface area is 86.2 Å². The lowest BCUT2D eigenvalue weighted by Gasteiger charge is -2.33. The maximum absolute atomic E-state index is 2.34. The molecule has 0 spiro atoms. The number of likely N-dealkylation sites (N-methyl/N-ethyl adjacent to an activating group) is 1. The van der Waals surface area contributed by atoms with Gasteiger partial charge < -0.3 is 9.80 Å². The Kier molecular flexibility index (Phi) is 2.73. The molecule has 0 aliphatic carbocycles. The van der Waals surface area contributed by atoms with Crippen molar-refractivity contribution < 1.29 is 0 Å². The van der Waals surface area contributed by atoms with Crippen molar-refractivity contribution in [2.75, 3.05) is 33.7 Å². The first-order chi connectivity index (χ1) is 6.74. The lowest BCUT2D eigenvalue weighted by atomic mass is 10.0. The maximum atomic E-state index is 2.34. The maximum Gasteiger partial charge on any atom is 0.0421 e. The second-order valence-corrected chi connectivity index (χ2v) is 4.34. The van der Waals surface area contributed by atoms with Crippen LogP contribution in [-0.2, 0) is 0 Å². The summed E-state index contributed by atoms with van der Waals surface area (Å²) in [4.78, 5) is 4.53. The van der Waals surface area contributed by atoms with Crippen molar-refractivity contribution in [2.45, 2.75) is 0 Å². The molecule has 2 rings (SSSR count). The number of likely N-dealkylation sites (tertiary alicyclic amines) is 1. The average Bonchev–Trinajstić information content (AvgIpc) is 2.48. The fraction of sp³-hybridized carbons (Fsp3) is 0.500. The van der Waals surface area contributed by atoms with E-state index in [1.807, 2.05) is 0 Å². The first-order valence-electron chi connectivity index (χ1n) is 5.18. The predicted octanol–water partition coefficient (Wildman–Crippen LogP) is 1.49. The van der Waals surface area contributed by atoms with Crippen LogP contribution in [0, 0.1) is 5.92 Å². The molecule has 2 aliphatic heterocycles. The zero-order valence-corrected chi connectivity index (χ0v) is 8.98. The molecular weight excluding hydrogens is 172 g/mol. The highest BCUT2D eigenvalue weighted by molar-refractivity contribution is 5.29. The molecule has 0 atom stereocenters. The number of hydrogen-bond donors (Lipinski definition) is 0. The summed E-state index contributed by atoms with van der Waals surface area (Å²) in [5.41, 5.74) is 1.40. The molecular formula is C12H18N2. The number of hydrogen-bond acceptors (Lipinski definition) is 2. The predicted molar refractivity (Wildman–Crippen MR) is 60.0 cm³/mol. The molecule has 0 N–H and O–H groups in total. The standard InChI is InChI=1S/C12H18N2/c1-13-7-6-11(8-13)4-3-5-12-9-14(2)10-12/h3-7,12H,8-10H2,1-2H3. The number of rotatable bonds is 2. The second kappa shape index (κ2) is 4.01. The van der Waals surface area contributed by atoms with E-state index in [2.05, 4.69) is 54.4 Å². The van der Waals surface area contributed by atoms with Crippen LogP contribution >= 0.6 is 0 Å². The van der Waals surface area contributed by atoms with Gasteiger partial charge in [-0.1, -0.05) is 18.2 Å². The van der Waals surface area contributed by atoms with Crippen LogP contribution in [0.15, 0.2) is 36.1 Å². The van der Waals surface area contributed by atoms with Crippen molar-refractivity contribution in [2.24, 2.45) is 5.92 Å². The van der Waals surface area contributed by atoms with Crippen molar-refractivity contribution >= 4 is 0 Å². The molecule has 2 heterocycles. The van der Waals surface area contributed by atoms with Crippen LogP contribution in [-0.4, -0.2) is 43.5 Å². The first kappa shape index (κ1) is 9.53. The summed E-state index contributed by atoms with van der Waals surface area (Å²) in [6.07, 6.45) is 11.0. The van der Waals surface area contributed by atoms with Gasteiger partial charge in [0.15, 0.2) is 0 Å². The third-order valence-corrected chi connectivity index (χ3v) is 2.76. The molecule has 14 heavy (non-hydrogen) atoms. The van der Waals surface area contributed by atoms with Crippen LogP contribution in [0.25, 0.3) is 0 Å². The lowest BCUT2D eigenvalue weighted by molar-refractivity contribution is 0.170. The third kappa shape index (κ3) is 2.26. The quantitative estimate of drug-likeness (QED) is 0.651. The second-order valence-electron chi connectivity index (χ2n) is 4.34. The highest BCUT2D eigenvalue weighted by atomic mass is 15.2. The minimum Gasteiger partial charge on any atom is -0.376 e. The zero-order valence-electron chi connectivity index (χ0n) is 8.98. The molecule has 0 radical (unpaired) electrons. The molecule has 0 amide bonds. The van der Waals surface area contributed by atoms with Gasteiger partial charge in [0.25, 0.3) is 0 Å². The summed E-state index contributed by atoms with van der Waals surface area (Å²) in [7, 11) is 4.26. The van der Waals surface area contributed by atoms with Crippen molar-refractivity contribution in [1.29, 1.82) is 0 Å². The molecule has 0 saturated carbocycles. The highest BCUT2D eigenvalue weighted by Crippen LogP contribution is 2.14. The van der Waals surface area contributed by atoms with E-state index >= 15 is 0 Å². The normalized spacial score (nSPS) is 26.7. The lowest BCUT2D eigenvalue weighted by Crippen LogP contribution is -2.42. The number of nitrogens with zero attached hydrogens (tertiary/aromatic N) is 2. The van der Waals surface area contributed by atoms with Gasteiger partial charge in [-0.25, -0.2) is 0 Å². The van der Waals surface area contributed by atoms with E-state index in [1.165, 1.54) is 18.7 Å². The summed E-state index contributed by atoms with van der Waals surface area (Å²) in [6, 6.07) is 0. The summed E-state index contributed by atoms with van der Waals surface area (Å²) < 4.78 is 0. The van der Waals surface area contributed by atoms with E-state index in [1.54, 1.807) is 0 Å². The molecule has 2 aliphatic rings. The van der Waals surface area contributed by atoms with E-state index in [4.69, 9.17) is 0 Å².